The lowest BCUT2D eigenvalue weighted by Crippen LogP contribution is -2.52. The van der Waals surface area contributed by atoms with Gasteiger partial charge in [0.25, 0.3) is 0 Å². The molecule has 1 amide bonds. The highest BCUT2D eigenvalue weighted by molar-refractivity contribution is 5.86. The molecular formula is C14H24N4O2. The number of amides is 1. The molecule has 1 fully saturated rings. The lowest BCUT2D eigenvalue weighted by molar-refractivity contribution is -0.127. The van der Waals surface area contributed by atoms with Crippen LogP contribution in [-0.2, 0) is 10.2 Å². The van der Waals surface area contributed by atoms with Crippen LogP contribution in [0.3, 0.4) is 0 Å². The fourth-order valence-corrected chi connectivity index (χ4v) is 2.35. The molecule has 6 heteroatoms. The molecule has 1 aliphatic carbocycles. The fourth-order valence-electron chi connectivity index (χ4n) is 2.35. The third-order valence-electron chi connectivity index (χ3n) is 3.78. The van der Waals surface area contributed by atoms with Gasteiger partial charge in [0.2, 0.25) is 11.8 Å². The molecule has 3 N–H and O–H groups in total. The van der Waals surface area contributed by atoms with Gasteiger partial charge in [-0.25, -0.2) is 0 Å². The average Bonchev–Trinajstić information content (AvgIpc) is 2.96. The first-order valence-corrected chi connectivity index (χ1v) is 7.16. The van der Waals surface area contributed by atoms with Crippen molar-refractivity contribution in [2.45, 2.75) is 70.4 Å². The van der Waals surface area contributed by atoms with Gasteiger partial charge in [-0.05, 0) is 19.8 Å². The van der Waals surface area contributed by atoms with Crippen molar-refractivity contribution in [3.05, 3.63) is 11.7 Å². The Morgan fingerprint density at radius 1 is 1.40 bits per heavy atom. The summed E-state index contributed by atoms with van der Waals surface area (Å²) >= 11 is 0. The van der Waals surface area contributed by atoms with E-state index in [2.05, 4.69) is 15.5 Å². The van der Waals surface area contributed by atoms with Gasteiger partial charge in [0, 0.05) is 5.41 Å². The van der Waals surface area contributed by atoms with Crippen LogP contribution in [0.25, 0.3) is 0 Å². The maximum Gasteiger partial charge on any atom is 0.248 e. The monoisotopic (exact) mass is 280 g/mol. The Balaban J connectivity index is 2.03. The largest absolute Gasteiger partial charge is 0.343 e. The van der Waals surface area contributed by atoms with Gasteiger partial charge in [0.15, 0.2) is 5.82 Å². The van der Waals surface area contributed by atoms with Crippen LogP contribution in [0, 0.1) is 0 Å². The van der Waals surface area contributed by atoms with Crippen LogP contribution in [0.1, 0.15) is 71.1 Å². The van der Waals surface area contributed by atoms with Crippen LogP contribution in [0.5, 0.6) is 0 Å². The molecule has 112 valence electrons. The highest BCUT2D eigenvalue weighted by atomic mass is 16.5. The molecule has 1 unspecified atom stereocenters. The Bertz CT molecular complexity index is 484. The second-order valence-corrected chi connectivity index (χ2v) is 6.76. The molecule has 0 aliphatic heterocycles. The summed E-state index contributed by atoms with van der Waals surface area (Å²) < 4.78 is 5.23. The van der Waals surface area contributed by atoms with E-state index >= 15 is 0 Å². The molecular weight excluding hydrogens is 256 g/mol. The molecule has 20 heavy (non-hydrogen) atoms. The van der Waals surface area contributed by atoms with E-state index in [0.717, 1.165) is 25.7 Å². The van der Waals surface area contributed by atoms with Crippen LogP contribution in [0.15, 0.2) is 4.52 Å². The number of rotatable bonds is 3. The Kier molecular flexibility index (Phi) is 3.86. The zero-order chi connectivity index (χ0) is 15.0. The van der Waals surface area contributed by atoms with Crippen molar-refractivity contribution in [3.8, 4) is 0 Å². The van der Waals surface area contributed by atoms with Crippen LogP contribution in [0.2, 0.25) is 0 Å². The van der Waals surface area contributed by atoms with Crippen molar-refractivity contribution in [2.75, 3.05) is 0 Å². The van der Waals surface area contributed by atoms with Crippen LogP contribution < -0.4 is 11.1 Å². The van der Waals surface area contributed by atoms with Crippen LogP contribution in [0.4, 0.5) is 0 Å². The van der Waals surface area contributed by atoms with Crippen molar-refractivity contribution in [3.63, 3.8) is 0 Å². The molecule has 0 radical (unpaired) electrons. The molecule has 1 aliphatic rings. The highest BCUT2D eigenvalue weighted by Gasteiger charge is 2.38. The third-order valence-corrected chi connectivity index (χ3v) is 3.78. The molecule has 0 spiro atoms. The Morgan fingerprint density at radius 3 is 2.50 bits per heavy atom. The zero-order valence-corrected chi connectivity index (χ0v) is 12.7. The van der Waals surface area contributed by atoms with Crippen molar-refractivity contribution in [2.24, 2.45) is 5.73 Å². The molecule has 1 saturated carbocycles. The van der Waals surface area contributed by atoms with Crippen LogP contribution >= 0.6 is 0 Å². The van der Waals surface area contributed by atoms with Crippen LogP contribution in [-0.4, -0.2) is 21.6 Å². The fraction of sp³-hybridized carbons (Fsp3) is 0.786. The summed E-state index contributed by atoms with van der Waals surface area (Å²) in [6.07, 6.45) is 3.49. The predicted molar refractivity (Wildman–Crippen MR) is 74.9 cm³/mol. The van der Waals surface area contributed by atoms with Gasteiger partial charge >= 0.3 is 0 Å². The summed E-state index contributed by atoms with van der Waals surface area (Å²) in [5, 5.41) is 6.85. The second kappa shape index (κ2) is 5.16. The summed E-state index contributed by atoms with van der Waals surface area (Å²) in [6.45, 7) is 7.87. The molecule has 0 bridgehead atoms. The number of carbonyl (C=O) groups excluding carboxylic acids is 1. The minimum absolute atomic E-state index is 0.127. The number of carbonyl (C=O) groups is 1. The van der Waals surface area contributed by atoms with Gasteiger partial charge in [-0.2, -0.15) is 4.98 Å². The van der Waals surface area contributed by atoms with E-state index in [1.807, 2.05) is 27.7 Å². The summed E-state index contributed by atoms with van der Waals surface area (Å²) in [5.41, 5.74) is 5.22. The first kappa shape index (κ1) is 15.0. The summed E-state index contributed by atoms with van der Waals surface area (Å²) in [7, 11) is 0. The van der Waals surface area contributed by atoms with E-state index in [1.165, 1.54) is 0 Å². The predicted octanol–water partition coefficient (Wildman–Crippen LogP) is 1.82. The molecule has 1 aromatic heterocycles. The van der Waals surface area contributed by atoms with Gasteiger partial charge in [0.1, 0.15) is 6.04 Å². The molecule has 0 aromatic carbocycles. The number of nitrogens with two attached hydrogens (primary N) is 1. The molecule has 6 nitrogen and oxygen atoms in total. The van der Waals surface area contributed by atoms with Crippen molar-refractivity contribution < 1.29 is 9.32 Å². The average molecular weight is 280 g/mol. The zero-order valence-electron chi connectivity index (χ0n) is 12.7. The number of nitrogens with zero attached hydrogens (tertiary/aromatic N) is 2. The van der Waals surface area contributed by atoms with Crippen molar-refractivity contribution in [1.29, 1.82) is 0 Å². The second-order valence-electron chi connectivity index (χ2n) is 6.76. The quantitative estimate of drug-likeness (QED) is 0.880. The smallest absolute Gasteiger partial charge is 0.248 e. The molecule has 0 saturated heterocycles. The van der Waals surface area contributed by atoms with E-state index in [0.29, 0.717) is 11.7 Å². The normalized spacial score (nSPS) is 19.9. The van der Waals surface area contributed by atoms with Crippen molar-refractivity contribution >= 4 is 5.91 Å². The Labute approximate surface area is 119 Å². The van der Waals surface area contributed by atoms with Gasteiger partial charge in [-0.3, -0.25) is 4.79 Å². The van der Waals surface area contributed by atoms with E-state index in [4.69, 9.17) is 10.3 Å². The lowest BCUT2D eigenvalue weighted by Gasteiger charge is -2.23. The minimum atomic E-state index is -0.735. The third kappa shape index (κ3) is 3.00. The van der Waals surface area contributed by atoms with Crippen molar-refractivity contribution in [1.82, 2.24) is 15.5 Å². The first-order chi connectivity index (χ1) is 9.22. The number of hydrogen-bond donors (Lipinski definition) is 2. The Hall–Kier alpha value is -1.43. The Morgan fingerprint density at radius 2 is 2.00 bits per heavy atom. The molecule has 1 atom stereocenters. The van der Waals surface area contributed by atoms with E-state index in [-0.39, 0.29) is 17.4 Å². The van der Waals surface area contributed by atoms with E-state index in [1.54, 1.807) is 0 Å². The number of nitrogens with one attached hydrogen (secondary N) is 1. The van der Waals surface area contributed by atoms with Gasteiger partial charge < -0.3 is 15.6 Å². The summed E-state index contributed by atoms with van der Waals surface area (Å²) in [4.78, 5) is 16.6. The lowest BCUT2D eigenvalue weighted by atomic mass is 9.96. The minimum Gasteiger partial charge on any atom is -0.343 e. The molecule has 1 aromatic rings. The summed E-state index contributed by atoms with van der Waals surface area (Å²) in [6, 6.07) is -0.327. The number of hydrogen-bond acceptors (Lipinski definition) is 5. The maximum absolute atomic E-state index is 12.2. The van der Waals surface area contributed by atoms with E-state index in [9.17, 15) is 4.79 Å². The highest BCUT2D eigenvalue weighted by Crippen LogP contribution is 2.28. The topological polar surface area (TPSA) is 94.0 Å². The molecule has 1 heterocycles. The first-order valence-electron chi connectivity index (χ1n) is 7.16. The van der Waals surface area contributed by atoms with Gasteiger partial charge in [-0.15, -0.1) is 0 Å². The SMILES string of the molecule is CC(NC(=O)C1(N)CCCC1)c1nc(C(C)(C)C)no1. The maximum atomic E-state index is 12.2. The van der Waals surface area contributed by atoms with Gasteiger partial charge in [-0.1, -0.05) is 38.8 Å². The molecule has 2 rings (SSSR count). The number of aromatic nitrogens is 2. The van der Waals surface area contributed by atoms with Gasteiger partial charge in [0.05, 0.1) is 5.54 Å². The standard InChI is InChI=1S/C14H24N4O2/c1-9(10-17-11(18-20-10)13(2,3)4)16-12(19)14(15)7-5-6-8-14/h9H,5-8,15H2,1-4H3,(H,16,19). The van der Waals surface area contributed by atoms with E-state index < -0.39 is 5.54 Å². The summed E-state index contributed by atoms with van der Waals surface area (Å²) in [5.74, 6) is 0.930.